The normalized spacial score (nSPS) is 12.9. The number of fused-ring (bicyclic) bond motifs is 16. The zero-order valence-corrected chi connectivity index (χ0v) is 65.6. The molecule has 0 fully saturated rings. The molecule has 6 heteroatoms. The van der Waals surface area contributed by atoms with Crippen LogP contribution in [0.15, 0.2) is 376 Å². The van der Waals surface area contributed by atoms with Gasteiger partial charge in [0, 0.05) is 94.3 Å². The van der Waals surface area contributed by atoms with Crippen LogP contribution in [0.5, 0.6) is 0 Å². The maximum atomic E-state index is 2.67. The lowest BCUT2D eigenvalue weighted by Gasteiger charge is -2.45. The van der Waals surface area contributed by atoms with E-state index in [9.17, 15) is 0 Å². The van der Waals surface area contributed by atoms with Crippen LogP contribution in [0.4, 0.5) is 51.2 Å². The van der Waals surface area contributed by atoms with Gasteiger partial charge in [0.15, 0.2) is 0 Å². The summed E-state index contributed by atoms with van der Waals surface area (Å²) in [5.41, 5.74) is 37.0. The Kier molecular flexibility index (Phi) is 14.9. The number of rotatable bonds is 11. The van der Waals surface area contributed by atoms with Crippen molar-refractivity contribution >= 4 is 150 Å². The molecule has 2 aliphatic heterocycles. The third-order valence-electron chi connectivity index (χ3n) is 25.2. The second-order valence-electron chi connectivity index (χ2n) is 34.1. The minimum absolute atomic E-state index is 0.0455. The fraction of sp³-hybridized carbons (Fsp3) is 0.0727. The summed E-state index contributed by atoms with van der Waals surface area (Å²) in [6.45, 7) is 13.6. The molecule has 0 radical (unpaired) electrons. The summed E-state index contributed by atoms with van der Waals surface area (Å²) in [5.74, 6) is 0. The number of anilines is 9. The first-order valence-corrected chi connectivity index (χ1v) is 40.7. The van der Waals surface area contributed by atoms with Crippen LogP contribution in [0.3, 0.4) is 0 Å². The van der Waals surface area contributed by atoms with Gasteiger partial charge in [0.2, 0.25) is 0 Å². The SMILES string of the molecule is CC(C)(C)c1ccc(N(c2ccc(C(C)(C)C)cc2)c2ccc3c(c2)N(c2cc(-c4ccccc4)cc(-c4ccccc4)c2)c2cc(-c4ccc5c(c4)c4cccc6c7ccccc7n5c64)cc4c2B3c2ccc(-c3cc5c6ccccc6n6c7ccccc7c(c3)c56)cc2N4c2cc(-c3ccccc3)cc(-c3ccccc3)c2)cc1. The predicted octanol–water partition coefficient (Wildman–Crippen LogP) is 28.1. The molecule has 0 spiro atoms. The van der Waals surface area contributed by atoms with E-state index in [2.05, 4.69) is 441 Å². The molecule has 0 N–H and O–H groups in total. The molecule has 6 heterocycles. The molecule has 0 atom stereocenters. The summed E-state index contributed by atoms with van der Waals surface area (Å²) >= 11 is 0. The van der Waals surface area contributed by atoms with Crippen LogP contribution in [0.2, 0.25) is 0 Å². The second kappa shape index (κ2) is 25.7. The molecule has 548 valence electrons. The molecule has 23 rings (SSSR count). The average molecular weight is 1480 g/mol. The van der Waals surface area contributed by atoms with E-state index >= 15 is 0 Å². The lowest BCUT2D eigenvalue weighted by Crippen LogP contribution is -2.61. The Morgan fingerprint density at radius 1 is 0.224 bits per heavy atom. The number of nitrogens with zero attached hydrogens (tertiary/aromatic N) is 5. The van der Waals surface area contributed by atoms with Crippen LogP contribution in [-0.2, 0) is 10.8 Å². The van der Waals surface area contributed by atoms with Crippen LogP contribution in [-0.4, -0.2) is 15.5 Å². The summed E-state index contributed by atoms with van der Waals surface area (Å²) in [4.78, 5) is 7.81. The highest BCUT2D eigenvalue weighted by Crippen LogP contribution is 2.53. The molecule has 0 unspecified atom stereocenters. The first-order valence-electron chi connectivity index (χ1n) is 40.7. The van der Waals surface area contributed by atoms with E-state index in [1.165, 1.54) is 109 Å². The van der Waals surface area contributed by atoms with Gasteiger partial charge in [-0.2, -0.15) is 0 Å². The van der Waals surface area contributed by atoms with Crippen LogP contribution in [0.25, 0.3) is 143 Å². The largest absolute Gasteiger partial charge is 0.311 e. The van der Waals surface area contributed by atoms with Gasteiger partial charge in [0.25, 0.3) is 6.71 Å². The van der Waals surface area contributed by atoms with Crippen molar-refractivity contribution in [2.24, 2.45) is 0 Å². The van der Waals surface area contributed by atoms with Gasteiger partial charge in [0.1, 0.15) is 0 Å². The van der Waals surface area contributed by atoms with Crippen molar-refractivity contribution in [1.29, 1.82) is 0 Å². The van der Waals surface area contributed by atoms with Gasteiger partial charge in [-0.25, -0.2) is 0 Å². The molecule has 0 aliphatic carbocycles. The summed E-state index contributed by atoms with van der Waals surface area (Å²) < 4.78 is 5.00. The van der Waals surface area contributed by atoms with Gasteiger partial charge >= 0.3 is 0 Å². The molecule has 21 aromatic rings. The van der Waals surface area contributed by atoms with Crippen LogP contribution >= 0.6 is 0 Å². The lowest BCUT2D eigenvalue weighted by molar-refractivity contribution is 0.590. The van der Waals surface area contributed by atoms with E-state index in [-0.39, 0.29) is 17.5 Å². The zero-order chi connectivity index (χ0) is 77.4. The molecule has 116 heavy (non-hydrogen) atoms. The Labute approximate surface area is 675 Å². The topological polar surface area (TPSA) is 18.5 Å². The molecule has 17 aromatic carbocycles. The van der Waals surface area contributed by atoms with Crippen LogP contribution < -0.4 is 31.1 Å². The number of aromatic nitrogens is 2. The highest BCUT2D eigenvalue weighted by atomic mass is 15.2. The third kappa shape index (κ3) is 10.6. The minimum atomic E-state index is -0.265. The maximum Gasteiger partial charge on any atom is 0.252 e. The van der Waals surface area contributed by atoms with Gasteiger partial charge in [0.05, 0.1) is 33.1 Å². The van der Waals surface area contributed by atoms with Gasteiger partial charge in [-0.15, -0.1) is 0 Å². The van der Waals surface area contributed by atoms with Gasteiger partial charge < -0.3 is 23.5 Å². The van der Waals surface area contributed by atoms with Crippen molar-refractivity contribution in [1.82, 2.24) is 8.80 Å². The van der Waals surface area contributed by atoms with Gasteiger partial charge in [-0.05, 0) is 239 Å². The van der Waals surface area contributed by atoms with Crippen molar-refractivity contribution < 1.29 is 0 Å². The van der Waals surface area contributed by atoms with Crippen molar-refractivity contribution in [3.05, 3.63) is 387 Å². The highest BCUT2D eigenvalue weighted by Gasteiger charge is 2.45. The Balaban J connectivity index is 0.853. The maximum absolute atomic E-state index is 2.67. The van der Waals surface area contributed by atoms with E-state index in [4.69, 9.17) is 0 Å². The number of hydrogen-bond donors (Lipinski definition) is 0. The third-order valence-corrected chi connectivity index (χ3v) is 25.2. The van der Waals surface area contributed by atoms with Crippen molar-refractivity contribution in [2.75, 3.05) is 14.7 Å². The van der Waals surface area contributed by atoms with E-state index in [0.717, 1.165) is 112 Å². The average Bonchev–Trinajstić information content (AvgIpc) is 1.02. The molecule has 4 aromatic heterocycles. The zero-order valence-electron chi connectivity index (χ0n) is 65.6. The van der Waals surface area contributed by atoms with Crippen molar-refractivity contribution in [2.45, 2.75) is 52.4 Å². The van der Waals surface area contributed by atoms with E-state index in [1.807, 2.05) is 0 Å². The van der Waals surface area contributed by atoms with Crippen molar-refractivity contribution in [3.63, 3.8) is 0 Å². The Hall–Kier alpha value is -14.2. The first kappa shape index (κ1) is 67.5. The standard InChI is InChI=1S/C110H80BN5/c1-109(2,3)81-44-48-83(49-45-81)112(84-50-46-82(47-51-84)110(4,5)6)85-52-54-97-103(68-85)114(87-60-77(71-30-15-9-16-31-71)57-78(61-87)72-32-17-10-18-33-72)105-67-80(73-43-55-101-93(62-73)92-38-25-37-91-88-34-19-22-39-98(88)116(101)107(91)92)66-104-106(105)111(97)96-53-42-74(79-63-94-89-35-20-23-40-99(89)115-100-41-24-21-36-90(100)95(64-79)108(94)115)65-102(96)113(104)86-58-75(69-26-11-7-12-27-69)56-76(59-86)70-28-13-8-14-29-70/h7-68H,1-6H3. The van der Waals surface area contributed by atoms with Crippen LogP contribution in [0, 0.1) is 0 Å². The summed E-state index contributed by atoms with van der Waals surface area (Å²) in [7, 11) is 0. The Morgan fingerprint density at radius 2 is 0.552 bits per heavy atom. The smallest absolute Gasteiger partial charge is 0.252 e. The second-order valence-corrected chi connectivity index (χ2v) is 34.1. The quantitative estimate of drug-likeness (QED) is 0.120. The summed E-state index contributed by atoms with van der Waals surface area (Å²) in [6, 6.07) is 143. The molecule has 5 nitrogen and oxygen atoms in total. The highest BCUT2D eigenvalue weighted by molar-refractivity contribution is 7.00. The number of para-hydroxylation sites is 4. The van der Waals surface area contributed by atoms with E-state index < -0.39 is 0 Å². The first-order chi connectivity index (χ1) is 56.8. The molecule has 0 amide bonds. The van der Waals surface area contributed by atoms with E-state index in [0.29, 0.717) is 0 Å². The molecule has 0 saturated carbocycles. The molecule has 2 aliphatic rings. The molecular weight excluding hydrogens is 1400 g/mol. The number of benzene rings is 17. The fourth-order valence-electron chi connectivity index (χ4n) is 19.6. The monoisotopic (exact) mass is 1480 g/mol. The summed E-state index contributed by atoms with van der Waals surface area (Å²) in [5, 5.41) is 10.0. The Bertz CT molecular complexity index is 7260. The minimum Gasteiger partial charge on any atom is -0.311 e. The summed E-state index contributed by atoms with van der Waals surface area (Å²) in [6.07, 6.45) is 0. The number of hydrogen-bond acceptors (Lipinski definition) is 3. The van der Waals surface area contributed by atoms with Crippen LogP contribution in [0.1, 0.15) is 52.7 Å². The Morgan fingerprint density at radius 3 is 1.01 bits per heavy atom. The predicted molar refractivity (Wildman–Crippen MR) is 494 cm³/mol. The molecule has 0 saturated heterocycles. The lowest BCUT2D eigenvalue weighted by atomic mass is 9.33. The van der Waals surface area contributed by atoms with Crippen molar-refractivity contribution in [3.8, 4) is 66.8 Å². The van der Waals surface area contributed by atoms with Gasteiger partial charge in [-0.3, -0.25) is 0 Å². The van der Waals surface area contributed by atoms with E-state index in [1.54, 1.807) is 0 Å². The van der Waals surface area contributed by atoms with Gasteiger partial charge in [-0.1, -0.05) is 284 Å². The molecule has 0 bridgehead atoms. The fourth-order valence-corrected chi connectivity index (χ4v) is 19.6. The molecular formula is C110H80BN5.